The van der Waals surface area contributed by atoms with E-state index >= 15 is 0 Å². The molecule has 0 aliphatic rings. The lowest BCUT2D eigenvalue weighted by molar-refractivity contribution is -0.117. The summed E-state index contributed by atoms with van der Waals surface area (Å²) >= 11 is 0. The molecule has 0 fully saturated rings. The van der Waals surface area contributed by atoms with Gasteiger partial charge in [0.2, 0.25) is 5.91 Å². The zero-order chi connectivity index (χ0) is 15.1. The van der Waals surface area contributed by atoms with Crippen molar-refractivity contribution in [1.82, 2.24) is 5.32 Å². The van der Waals surface area contributed by atoms with Crippen molar-refractivity contribution in [3.8, 4) is 0 Å². The molecule has 0 spiro atoms. The molecule has 0 aromatic heterocycles. The largest absolute Gasteiger partial charge is 0.388 e. The molecule has 0 saturated carbocycles. The van der Waals surface area contributed by atoms with Crippen LogP contribution in [-0.4, -0.2) is 19.0 Å². The van der Waals surface area contributed by atoms with Gasteiger partial charge in [-0.3, -0.25) is 4.79 Å². The molecule has 20 heavy (non-hydrogen) atoms. The molecule has 1 rings (SSSR count). The Kier molecular flexibility index (Phi) is 6.29. The van der Waals surface area contributed by atoms with E-state index in [9.17, 15) is 4.79 Å². The first-order valence-corrected chi connectivity index (χ1v) is 7.20. The van der Waals surface area contributed by atoms with Gasteiger partial charge in [0.1, 0.15) is 0 Å². The number of hydrogen-bond acceptors (Lipinski definition) is 2. The van der Waals surface area contributed by atoms with Gasteiger partial charge in [0.05, 0.1) is 0 Å². The van der Waals surface area contributed by atoms with Crippen molar-refractivity contribution in [3.05, 3.63) is 35.9 Å². The van der Waals surface area contributed by atoms with Gasteiger partial charge < -0.3 is 10.6 Å². The maximum atomic E-state index is 11.9. The molecule has 0 bridgehead atoms. The fraction of sp³-hybridized carbons (Fsp3) is 0.471. The number of hydrogen-bond donors (Lipinski definition) is 2. The molecule has 0 unspecified atom stereocenters. The Labute approximate surface area is 122 Å². The van der Waals surface area contributed by atoms with Crippen molar-refractivity contribution in [3.63, 3.8) is 0 Å². The Hall–Kier alpha value is -1.77. The lowest BCUT2D eigenvalue weighted by atomic mass is 9.93. The highest BCUT2D eigenvalue weighted by Crippen LogP contribution is 2.12. The first-order valence-electron chi connectivity index (χ1n) is 7.20. The van der Waals surface area contributed by atoms with E-state index in [0.29, 0.717) is 11.8 Å². The van der Waals surface area contributed by atoms with Gasteiger partial charge in [-0.2, -0.15) is 0 Å². The van der Waals surface area contributed by atoms with Crippen LogP contribution in [0.25, 0.3) is 6.08 Å². The number of nitrogens with one attached hydrogen (secondary N) is 2. The van der Waals surface area contributed by atoms with Crippen LogP contribution in [-0.2, 0) is 4.79 Å². The quantitative estimate of drug-likeness (QED) is 0.779. The monoisotopic (exact) mass is 274 g/mol. The van der Waals surface area contributed by atoms with Gasteiger partial charge in [0.15, 0.2) is 0 Å². The standard InChI is InChI=1S/C17H26N2O/c1-12(2)17(13(3)4)19-16(20)11-8-14-6-9-15(18-5)10-7-14/h6-13,17-18H,1-5H3,(H,19,20)/b11-8+. The van der Waals surface area contributed by atoms with Crippen LogP contribution in [0, 0.1) is 11.8 Å². The lowest BCUT2D eigenvalue weighted by Gasteiger charge is -2.25. The summed E-state index contributed by atoms with van der Waals surface area (Å²) in [6, 6.07) is 8.15. The second kappa shape index (κ2) is 7.73. The van der Waals surface area contributed by atoms with E-state index < -0.39 is 0 Å². The van der Waals surface area contributed by atoms with Crippen LogP contribution in [0.4, 0.5) is 5.69 Å². The zero-order valence-electron chi connectivity index (χ0n) is 13.1. The molecular weight excluding hydrogens is 248 g/mol. The van der Waals surface area contributed by atoms with Gasteiger partial charge in [-0.25, -0.2) is 0 Å². The highest BCUT2D eigenvalue weighted by molar-refractivity contribution is 5.92. The van der Waals surface area contributed by atoms with Crippen molar-refractivity contribution >= 4 is 17.7 Å². The van der Waals surface area contributed by atoms with E-state index in [4.69, 9.17) is 0 Å². The number of anilines is 1. The molecule has 1 aromatic carbocycles. The van der Waals surface area contributed by atoms with Gasteiger partial charge in [-0.05, 0) is 35.6 Å². The molecule has 2 N–H and O–H groups in total. The Morgan fingerprint density at radius 2 is 1.60 bits per heavy atom. The van der Waals surface area contributed by atoms with Crippen LogP contribution in [0.5, 0.6) is 0 Å². The molecule has 110 valence electrons. The molecule has 1 aromatic rings. The number of benzene rings is 1. The molecule has 0 heterocycles. The maximum absolute atomic E-state index is 11.9. The summed E-state index contributed by atoms with van der Waals surface area (Å²) in [4.78, 5) is 11.9. The average Bonchev–Trinajstić information content (AvgIpc) is 2.42. The second-order valence-electron chi connectivity index (χ2n) is 5.73. The average molecular weight is 274 g/mol. The predicted molar refractivity (Wildman–Crippen MR) is 86.6 cm³/mol. The van der Waals surface area contributed by atoms with Crippen LogP contribution >= 0.6 is 0 Å². The summed E-state index contributed by atoms with van der Waals surface area (Å²) in [5.74, 6) is 0.833. The smallest absolute Gasteiger partial charge is 0.244 e. The number of rotatable bonds is 6. The van der Waals surface area contributed by atoms with Crippen LogP contribution in [0.15, 0.2) is 30.3 Å². The third-order valence-electron chi connectivity index (χ3n) is 3.37. The summed E-state index contributed by atoms with van der Waals surface area (Å²) in [6.45, 7) is 8.52. The molecule has 0 saturated heterocycles. The number of amides is 1. The molecule has 0 aliphatic heterocycles. The Bertz CT molecular complexity index is 439. The molecule has 0 aliphatic carbocycles. The molecule has 0 atom stereocenters. The van der Waals surface area contributed by atoms with Gasteiger partial charge in [-0.1, -0.05) is 39.8 Å². The third-order valence-corrected chi connectivity index (χ3v) is 3.37. The lowest BCUT2D eigenvalue weighted by Crippen LogP contribution is -2.41. The van der Waals surface area contributed by atoms with Crippen molar-refractivity contribution < 1.29 is 4.79 Å². The van der Waals surface area contributed by atoms with Crippen LogP contribution < -0.4 is 10.6 Å². The predicted octanol–water partition coefficient (Wildman–Crippen LogP) is 3.54. The maximum Gasteiger partial charge on any atom is 0.244 e. The minimum atomic E-state index is -0.0323. The first kappa shape index (κ1) is 16.3. The molecular formula is C17H26N2O. The van der Waals surface area contributed by atoms with Crippen molar-refractivity contribution in [1.29, 1.82) is 0 Å². The highest BCUT2D eigenvalue weighted by Gasteiger charge is 2.18. The van der Waals surface area contributed by atoms with Crippen LogP contribution in [0.2, 0.25) is 0 Å². The van der Waals surface area contributed by atoms with E-state index in [1.54, 1.807) is 6.08 Å². The van der Waals surface area contributed by atoms with Gasteiger partial charge in [-0.15, -0.1) is 0 Å². The van der Waals surface area contributed by atoms with Gasteiger partial charge in [0.25, 0.3) is 0 Å². The van der Waals surface area contributed by atoms with E-state index in [0.717, 1.165) is 11.3 Å². The van der Waals surface area contributed by atoms with Crippen LogP contribution in [0.3, 0.4) is 0 Å². The third kappa shape index (κ3) is 5.08. The summed E-state index contributed by atoms with van der Waals surface area (Å²) in [6.07, 6.45) is 3.44. The normalized spacial score (nSPS) is 11.6. The molecule has 1 amide bonds. The van der Waals surface area contributed by atoms with E-state index in [-0.39, 0.29) is 11.9 Å². The Morgan fingerprint density at radius 1 is 1.05 bits per heavy atom. The van der Waals surface area contributed by atoms with Crippen LogP contribution in [0.1, 0.15) is 33.3 Å². The first-order chi connectivity index (χ1) is 9.43. The van der Waals surface area contributed by atoms with Crippen molar-refractivity contribution in [2.24, 2.45) is 11.8 Å². The summed E-state index contributed by atoms with van der Waals surface area (Å²) in [5, 5.41) is 6.14. The van der Waals surface area contributed by atoms with E-state index in [1.807, 2.05) is 37.4 Å². The SMILES string of the molecule is CNc1ccc(/C=C/C(=O)NC(C(C)C)C(C)C)cc1. The zero-order valence-corrected chi connectivity index (χ0v) is 13.1. The van der Waals surface area contributed by atoms with Crippen molar-refractivity contribution in [2.45, 2.75) is 33.7 Å². The van der Waals surface area contributed by atoms with Gasteiger partial charge >= 0.3 is 0 Å². The van der Waals surface area contributed by atoms with E-state index in [1.165, 1.54) is 0 Å². The molecule has 3 heteroatoms. The number of carbonyl (C=O) groups excluding carboxylic acids is 1. The Balaban J connectivity index is 2.62. The van der Waals surface area contributed by atoms with Gasteiger partial charge in [0, 0.05) is 24.9 Å². The minimum absolute atomic E-state index is 0.0323. The molecule has 3 nitrogen and oxygen atoms in total. The fourth-order valence-corrected chi connectivity index (χ4v) is 2.25. The topological polar surface area (TPSA) is 41.1 Å². The minimum Gasteiger partial charge on any atom is -0.388 e. The van der Waals surface area contributed by atoms with E-state index in [2.05, 4.69) is 38.3 Å². The Morgan fingerprint density at radius 3 is 2.05 bits per heavy atom. The summed E-state index contributed by atoms with van der Waals surface area (Å²) in [7, 11) is 1.89. The highest BCUT2D eigenvalue weighted by atomic mass is 16.1. The molecule has 0 radical (unpaired) electrons. The number of carbonyl (C=O) groups is 1. The summed E-state index contributed by atoms with van der Waals surface area (Å²) < 4.78 is 0. The second-order valence-corrected chi connectivity index (χ2v) is 5.73. The fourth-order valence-electron chi connectivity index (χ4n) is 2.25. The van der Waals surface area contributed by atoms with Crippen molar-refractivity contribution in [2.75, 3.05) is 12.4 Å². The summed E-state index contributed by atoms with van der Waals surface area (Å²) in [5.41, 5.74) is 2.08.